The molecule has 2 N–H and O–H groups in total. The van der Waals surface area contributed by atoms with Gasteiger partial charge in [0.25, 0.3) is 0 Å². The van der Waals surface area contributed by atoms with Gasteiger partial charge in [0.15, 0.2) is 0 Å². The Balaban J connectivity index is 3.03. The highest BCUT2D eigenvalue weighted by atomic mass is 35.5. The van der Waals surface area contributed by atoms with Gasteiger partial charge in [0.1, 0.15) is 4.90 Å². The molecule has 0 fully saturated rings. The molecule has 2 rings (SSSR count). The van der Waals surface area contributed by atoms with Gasteiger partial charge in [-0.05, 0) is 25.1 Å². The van der Waals surface area contributed by atoms with E-state index in [0.717, 1.165) is 0 Å². The Morgan fingerprint density at radius 3 is 2.61 bits per heavy atom. The fraction of sp³-hybridized carbons (Fsp3) is 0.182. The normalized spacial score (nSPS) is 11.9. The van der Waals surface area contributed by atoms with Gasteiger partial charge in [0.05, 0.1) is 5.52 Å². The summed E-state index contributed by atoms with van der Waals surface area (Å²) in [7, 11) is -4.05. The quantitative estimate of drug-likeness (QED) is 0.904. The van der Waals surface area contributed by atoms with Crippen LogP contribution in [0, 0.1) is 0 Å². The number of rotatable bonds is 2. The first-order valence-corrected chi connectivity index (χ1v) is 7.12. The summed E-state index contributed by atoms with van der Waals surface area (Å²) in [6, 6.07) is 4.77. The molecule has 18 heavy (non-hydrogen) atoms. The number of nitrogens with two attached hydrogens (primary N) is 1. The summed E-state index contributed by atoms with van der Waals surface area (Å²) in [6.45, 7) is 2.35. The number of sulfonamides is 1. The number of nitrogens with zero attached hydrogens (tertiary/aromatic N) is 1. The Labute approximate surface area is 109 Å². The average molecular weight is 287 g/mol. The number of halogens is 1. The molecule has 5 nitrogen and oxygen atoms in total. The van der Waals surface area contributed by atoms with Crippen LogP contribution in [0.2, 0.25) is 5.02 Å². The number of hydrogen-bond donors (Lipinski definition) is 1. The molecular weight excluding hydrogens is 276 g/mol. The molecule has 0 aliphatic carbocycles. The van der Waals surface area contributed by atoms with E-state index in [1.165, 1.54) is 12.3 Å². The SMILES string of the molecule is CCn1cc(S(N)(=O)=O)c(=O)c2cc(Cl)ccc21. The number of hydrogen-bond acceptors (Lipinski definition) is 3. The van der Waals surface area contributed by atoms with E-state index in [1.54, 1.807) is 16.7 Å². The smallest absolute Gasteiger partial charge is 0.243 e. The van der Waals surface area contributed by atoms with Crippen LogP contribution in [0.1, 0.15) is 6.92 Å². The summed E-state index contributed by atoms with van der Waals surface area (Å²) in [5.74, 6) is 0. The third kappa shape index (κ3) is 2.14. The number of primary sulfonamides is 1. The third-order valence-electron chi connectivity index (χ3n) is 2.66. The van der Waals surface area contributed by atoms with E-state index in [-0.39, 0.29) is 5.39 Å². The van der Waals surface area contributed by atoms with Crippen LogP contribution in [0.25, 0.3) is 10.9 Å². The minimum Gasteiger partial charge on any atom is -0.346 e. The van der Waals surface area contributed by atoms with E-state index in [4.69, 9.17) is 16.7 Å². The van der Waals surface area contributed by atoms with Crippen LogP contribution < -0.4 is 10.6 Å². The zero-order chi connectivity index (χ0) is 13.5. The lowest BCUT2D eigenvalue weighted by Gasteiger charge is -2.10. The molecule has 0 saturated heterocycles. The largest absolute Gasteiger partial charge is 0.346 e. The molecule has 0 spiro atoms. The molecular formula is C11H11ClN2O3S. The molecule has 0 aliphatic heterocycles. The highest BCUT2D eigenvalue weighted by Gasteiger charge is 2.17. The van der Waals surface area contributed by atoms with E-state index in [9.17, 15) is 13.2 Å². The molecule has 0 atom stereocenters. The van der Waals surface area contributed by atoms with Gasteiger partial charge < -0.3 is 4.57 Å². The van der Waals surface area contributed by atoms with Crippen LogP contribution >= 0.6 is 11.6 Å². The molecule has 0 unspecified atom stereocenters. The summed E-state index contributed by atoms with van der Waals surface area (Å²) >= 11 is 5.82. The molecule has 7 heteroatoms. The summed E-state index contributed by atoms with van der Waals surface area (Å²) in [6.07, 6.45) is 1.26. The fourth-order valence-electron chi connectivity index (χ4n) is 1.81. The Morgan fingerprint density at radius 2 is 2.06 bits per heavy atom. The molecule has 96 valence electrons. The second-order valence-electron chi connectivity index (χ2n) is 3.81. The van der Waals surface area contributed by atoms with Crippen LogP contribution in [0.4, 0.5) is 0 Å². The minimum atomic E-state index is -4.05. The zero-order valence-electron chi connectivity index (χ0n) is 9.55. The van der Waals surface area contributed by atoms with E-state index < -0.39 is 20.3 Å². The van der Waals surface area contributed by atoms with Crippen molar-refractivity contribution in [3.8, 4) is 0 Å². The first-order valence-electron chi connectivity index (χ1n) is 5.20. The zero-order valence-corrected chi connectivity index (χ0v) is 11.1. The third-order valence-corrected chi connectivity index (χ3v) is 3.80. The van der Waals surface area contributed by atoms with Crippen LogP contribution in [0.3, 0.4) is 0 Å². The van der Waals surface area contributed by atoms with E-state index in [1.807, 2.05) is 6.92 Å². The van der Waals surface area contributed by atoms with Crippen LogP contribution in [-0.2, 0) is 16.6 Å². The molecule has 1 heterocycles. The number of pyridine rings is 1. The number of aromatic nitrogens is 1. The second kappa shape index (κ2) is 4.38. The predicted octanol–water partition coefficient (Wildman–Crippen LogP) is 1.32. The first kappa shape index (κ1) is 13.1. The Hall–Kier alpha value is -1.37. The van der Waals surface area contributed by atoms with Gasteiger partial charge in [-0.25, -0.2) is 13.6 Å². The number of fused-ring (bicyclic) bond motifs is 1. The van der Waals surface area contributed by atoms with E-state index >= 15 is 0 Å². The number of benzene rings is 1. The van der Waals surface area contributed by atoms with Crippen molar-refractivity contribution in [2.75, 3.05) is 0 Å². The van der Waals surface area contributed by atoms with Crippen molar-refractivity contribution in [1.29, 1.82) is 0 Å². The summed E-state index contributed by atoms with van der Waals surface area (Å²) in [5.41, 5.74) is -0.000926. The van der Waals surface area contributed by atoms with Crippen LogP contribution in [0.15, 0.2) is 34.1 Å². The van der Waals surface area contributed by atoms with Crippen molar-refractivity contribution in [2.45, 2.75) is 18.4 Å². The molecule has 0 amide bonds. The predicted molar refractivity (Wildman–Crippen MR) is 70.3 cm³/mol. The first-order chi connectivity index (χ1) is 8.34. The van der Waals surface area contributed by atoms with E-state index in [0.29, 0.717) is 17.1 Å². The topological polar surface area (TPSA) is 82.2 Å². The van der Waals surface area contributed by atoms with Gasteiger partial charge in [0, 0.05) is 23.2 Å². The molecule has 2 aromatic rings. The maximum absolute atomic E-state index is 12.1. The van der Waals surface area contributed by atoms with Crippen molar-refractivity contribution in [1.82, 2.24) is 4.57 Å². The van der Waals surface area contributed by atoms with Gasteiger partial charge in [-0.2, -0.15) is 0 Å². The van der Waals surface area contributed by atoms with Gasteiger partial charge >= 0.3 is 0 Å². The maximum Gasteiger partial charge on any atom is 0.243 e. The van der Waals surface area contributed by atoms with Crippen LogP contribution in [0.5, 0.6) is 0 Å². The van der Waals surface area contributed by atoms with Crippen LogP contribution in [-0.4, -0.2) is 13.0 Å². The monoisotopic (exact) mass is 286 g/mol. The molecule has 0 saturated carbocycles. The summed E-state index contributed by atoms with van der Waals surface area (Å²) in [5, 5.41) is 5.65. The van der Waals surface area contributed by atoms with Crippen molar-refractivity contribution in [3.05, 3.63) is 39.6 Å². The van der Waals surface area contributed by atoms with Gasteiger partial charge in [-0.15, -0.1) is 0 Å². The van der Waals surface area contributed by atoms with Crippen molar-refractivity contribution in [3.63, 3.8) is 0 Å². The van der Waals surface area contributed by atoms with Crippen molar-refractivity contribution in [2.24, 2.45) is 5.14 Å². The van der Waals surface area contributed by atoms with E-state index in [2.05, 4.69) is 0 Å². The van der Waals surface area contributed by atoms with Crippen molar-refractivity contribution < 1.29 is 8.42 Å². The Bertz CT molecular complexity index is 781. The molecule has 1 aromatic carbocycles. The van der Waals surface area contributed by atoms with Gasteiger partial charge in [-0.1, -0.05) is 11.6 Å². The minimum absolute atomic E-state index is 0.246. The standard InChI is InChI=1S/C11H11ClN2O3S/c1-2-14-6-10(18(13,16)17)11(15)8-5-7(12)3-4-9(8)14/h3-6H,2H2,1H3,(H2,13,16,17). The molecule has 1 aromatic heterocycles. The van der Waals surface area contributed by atoms with Gasteiger partial charge in [-0.3, -0.25) is 4.79 Å². The lowest BCUT2D eigenvalue weighted by atomic mass is 10.2. The lowest BCUT2D eigenvalue weighted by Crippen LogP contribution is -2.23. The fourth-order valence-corrected chi connectivity index (χ4v) is 2.62. The Kier molecular flexibility index (Phi) is 3.18. The molecule has 0 bridgehead atoms. The van der Waals surface area contributed by atoms with Crippen molar-refractivity contribution >= 4 is 32.5 Å². The molecule has 0 radical (unpaired) electrons. The summed E-state index contributed by atoms with van der Waals surface area (Å²) in [4.78, 5) is 11.6. The highest BCUT2D eigenvalue weighted by Crippen LogP contribution is 2.18. The van der Waals surface area contributed by atoms with Gasteiger partial charge in [0.2, 0.25) is 15.5 Å². The second-order valence-corrected chi connectivity index (χ2v) is 5.78. The molecule has 0 aliphatic rings. The highest BCUT2D eigenvalue weighted by molar-refractivity contribution is 7.89. The Morgan fingerprint density at radius 1 is 1.39 bits per heavy atom. The maximum atomic E-state index is 12.1. The lowest BCUT2D eigenvalue weighted by molar-refractivity contribution is 0.595. The number of aryl methyl sites for hydroxylation is 1. The summed E-state index contributed by atoms with van der Waals surface area (Å²) < 4.78 is 24.4. The average Bonchev–Trinajstić information content (AvgIpc) is 2.28.